The van der Waals surface area contributed by atoms with E-state index in [9.17, 15) is 0 Å². The van der Waals surface area contributed by atoms with E-state index in [1.807, 2.05) is 24.6 Å². The second-order valence-corrected chi connectivity index (χ2v) is 3.01. The summed E-state index contributed by atoms with van der Waals surface area (Å²) < 4.78 is 7.40. The molecule has 0 atom stereocenters. The minimum absolute atomic E-state index is 0.333. The van der Waals surface area contributed by atoms with E-state index in [1.54, 1.807) is 6.33 Å². The fourth-order valence-corrected chi connectivity index (χ4v) is 0.937. The smallest absolute Gasteiger partial charge is 0.108 e. The van der Waals surface area contributed by atoms with E-state index in [0.717, 1.165) is 19.6 Å². The number of nitrogens with zero attached hydrogens (tertiary/aromatic N) is 2. The number of hydrogen-bond acceptors (Lipinski definition) is 2. The van der Waals surface area contributed by atoms with Gasteiger partial charge in [0.25, 0.3) is 0 Å². The minimum Gasteiger partial charge on any atom is -0.379 e. The van der Waals surface area contributed by atoms with Gasteiger partial charge in [0.05, 0.1) is 12.4 Å². The molecule has 3 nitrogen and oxygen atoms in total. The summed E-state index contributed by atoms with van der Waals surface area (Å²) in [6, 6.07) is 0. The van der Waals surface area contributed by atoms with Gasteiger partial charge in [-0.25, -0.2) is 4.98 Å². The van der Waals surface area contributed by atoms with Crippen molar-refractivity contribution in [2.45, 2.75) is 32.9 Å². The summed E-state index contributed by atoms with van der Waals surface area (Å²) in [6.45, 7) is 5.87. The highest BCUT2D eigenvalue weighted by Crippen LogP contribution is 1.93. The molecule has 1 aromatic heterocycles. The molecule has 0 N–H and O–H groups in total. The van der Waals surface area contributed by atoms with E-state index in [-0.39, 0.29) is 0 Å². The summed E-state index contributed by atoms with van der Waals surface area (Å²) in [5, 5.41) is 0. The van der Waals surface area contributed by atoms with E-state index >= 15 is 0 Å². The number of imidazole rings is 1. The van der Waals surface area contributed by atoms with Gasteiger partial charge in [-0.15, -0.1) is 0 Å². The van der Waals surface area contributed by atoms with Crippen molar-refractivity contribution in [1.29, 1.82) is 0 Å². The fraction of sp³-hybridized carbons (Fsp3) is 0.667. The highest BCUT2D eigenvalue weighted by atomic mass is 16.5. The van der Waals surface area contributed by atoms with Crippen LogP contribution in [-0.4, -0.2) is 22.3 Å². The van der Waals surface area contributed by atoms with Gasteiger partial charge in [0.15, 0.2) is 0 Å². The Balaban J connectivity index is 2.04. The number of rotatable bonds is 5. The van der Waals surface area contributed by atoms with Crippen molar-refractivity contribution in [3.63, 3.8) is 0 Å². The highest BCUT2D eigenvalue weighted by molar-refractivity contribution is 4.71. The SMILES string of the molecule is CC(C)OCCCn1c[c]nc1. The molecule has 3 heteroatoms. The zero-order valence-corrected chi connectivity index (χ0v) is 7.66. The molecule has 1 rings (SSSR count). The Labute approximate surface area is 73.4 Å². The molecule has 0 saturated carbocycles. The fourth-order valence-electron chi connectivity index (χ4n) is 0.937. The van der Waals surface area contributed by atoms with Crippen LogP contribution in [0.25, 0.3) is 0 Å². The van der Waals surface area contributed by atoms with Crippen molar-refractivity contribution in [3.05, 3.63) is 18.7 Å². The molecule has 67 valence electrons. The van der Waals surface area contributed by atoms with Crippen molar-refractivity contribution >= 4 is 0 Å². The third kappa shape index (κ3) is 3.53. The Morgan fingerprint density at radius 2 is 2.42 bits per heavy atom. The Morgan fingerprint density at radius 1 is 1.58 bits per heavy atom. The molecule has 12 heavy (non-hydrogen) atoms. The normalized spacial score (nSPS) is 10.9. The lowest BCUT2D eigenvalue weighted by Gasteiger charge is -2.06. The molecule has 0 aliphatic rings. The summed E-state index contributed by atoms with van der Waals surface area (Å²) in [5.74, 6) is 0. The summed E-state index contributed by atoms with van der Waals surface area (Å²) in [6.07, 6.45) is 7.73. The lowest BCUT2D eigenvalue weighted by Crippen LogP contribution is -2.06. The van der Waals surface area contributed by atoms with Crippen LogP contribution in [0.15, 0.2) is 12.5 Å². The van der Waals surface area contributed by atoms with Crippen LogP contribution >= 0.6 is 0 Å². The van der Waals surface area contributed by atoms with Crippen LogP contribution in [0.4, 0.5) is 0 Å². The molecule has 1 aromatic rings. The molecule has 0 saturated heterocycles. The van der Waals surface area contributed by atoms with Crippen molar-refractivity contribution in [3.8, 4) is 0 Å². The molecule has 0 spiro atoms. The van der Waals surface area contributed by atoms with E-state index < -0.39 is 0 Å². The Hall–Kier alpha value is -0.830. The van der Waals surface area contributed by atoms with Crippen molar-refractivity contribution < 1.29 is 4.74 Å². The van der Waals surface area contributed by atoms with Gasteiger partial charge >= 0.3 is 0 Å². The van der Waals surface area contributed by atoms with Crippen LogP contribution in [0.5, 0.6) is 0 Å². The molecule has 0 amide bonds. The minimum atomic E-state index is 0.333. The average Bonchev–Trinajstić information content (AvgIpc) is 2.49. The van der Waals surface area contributed by atoms with E-state index in [1.165, 1.54) is 0 Å². The third-order valence-electron chi connectivity index (χ3n) is 1.52. The van der Waals surface area contributed by atoms with E-state index in [4.69, 9.17) is 4.74 Å². The topological polar surface area (TPSA) is 27.1 Å². The zero-order valence-electron chi connectivity index (χ0n) is 7.66. The first-order valence-electron chi connectivity index (χ1n) is 4.28. The third-order valence-corrected chi connectivity index (χ3v) is 1.52. The number of aryl methyl sites for hydroxylation is 1. The largest absolute Gasteiger partial charge is 0.379 e. The standard InChI is InChI=1S/C9H15N2O/c1-9(2)12-7-3-5-11-6-4-10-8-11/h6,8-9H,3,5,7H2,1-2H3. The van der Waals surface area contributed by atoms with Crippen LogP contribution in [0.1, 0.15) is 20.3 Å². The molecular formula is C9H15N2O. The quantitative estimate of drug-likeness (QED) is 0.621. The Bertz CT molecular complexity index is 194. The maximum atomic E-state index is 5.40. The van der Waals surface area contributed by atoms with Crippen LogP contribution in [0.3, 0.4) is 0 Å². The van der Waals surface area contributed by atoms with Gasteiger partial charge in [-0.1, -0.05) is 0 Å². The van der Waals surface area contributed by atoms with Crippen LogP contribution in [-0.2, 0) is 11.3 Å². The van der Waals surface area contributed by atoms with Gasteiger partial charge in [-0.3, -0.25) is 0 Å². The predicted octanol–water partition coefficient (Wildman–Crippen LogP) is 1.50. The van der Waals surface area contributed by atoms with Crippen LogP contribution < -0.4 is 0 Å². The summed E-state index contributed by atoms with van der Waals surface area (Å²) in [4.78, 5) is 3.83. The van der Waals surface area contributed by atoms with E-state index in [2.05, 4.69) is 11.2 Å². The van der Waals surface area contributed by atoms with Crippen LogP contribution in [0, 0.1) is 6.20 Å². The predicted molar refractivity (Wildman–Crippen MR) is 46.8 cm³/mol. The first-order valence-corrected chi connectivity index (χ1v) is 4.28. The molecule has 0 aromatic carbocycles. The first-order chi connectivity index (χ1) is 5.79. The molecular weight excluding hydrogens is 152 g/mol. The second-order valence-electron chi connectivity index (χ2n) is 3.01. The van der Waals surface area contributed by atoms with Gasteiger partial charge in [0, 0.05) is 19.3 Å². The second kappa shape index (κ2) is 4.93. The lowest BCUT2D eigenvalue weighted by atomic mass is 10.4. The molecule has 1 radical (unpaired) electrons. The summed E-state index contributed by atoms with van der Waals surface area (Å²) in [5.41, 5.74) is 0. The highest BCUT2D eigenvalue weighted by Gasteiger charge is 1.93. The van der Waals surface area contributed by atoms with Crippen molar-refractivity contribution in [2.75, 3.05) is 6.61 Å². The average molecular weight is 167 g/mol. The number of aromatic nitrogens is 2. The molecule has 1 heterocycles. The van der Waals surface area contributed by atoms with Gasteiger partial charge in [-0.2, -0.15) is 0 Å². The maximum absolute atomic E-state index is 5.40. The zero-order chi connectivity index (χ0) is 8.81. The van der Waals surface area contributed by atoms with Gasteiger partial charge in [0.1, 0.15) is 6.20 Å². The molecule has 0 bridgehead atoms. The van der Waals surface area contributed by atoms with Gasteiger partial charge in [0.2, 0.25) is 0 Å². The molecule has 0 aliphatic heterocycles. The Morgan fingerprint density at radius 3 is 3.00 bits per heavy atom. The van der Waals surface area contributed by atoms with Crippen molar-refractivity contribution in [1.82, 2.24) is 9.55 Å². The van der Waals surface area contributed by atoms with E-state index in [0.29, 0.717) is 6.10 Å². The van der Waals surface area contributed by atoms with Gasteiger partial charge < -0.3 is 9.30 Å². The monoisotopic (exact) mass is 167 g/mol. The molecule has 0 aliphatic carbocycles. The number of hydrogen-bond donors (Lipinski definition) is 0. The maximum Gasteiger partial charge on any atom is 0.108 e. The molecule has 0 fully saturated rings. The lowest BCUT2D eigenvalue weighted by molar-refractivity contribution is 0.0748. The molecule has 0 unspecified atom stereocenters. The van der Waals surface area contributed by atoms with Gasteiger partial charge in [-0.05, 0) is 20.3 Å². The Kier molecular flexibility index (Phi) is 3.80. The van der Waals surface area contributed by atoms with Crippen LogP contribution in [0.2, 0.25) is 0 Å². The summed E-state index contributed by atoms with van der Waals surface area (Å²) >= 11 is 0. The summed E-state index contributed by atoms with van der Waals surface area (Å²) in [7, 11) is 0. The first kappa shape index (κ1) is 9.26. The van der Waals surface area contributed by atoms with Crippen molar-refractivity contribution in [2.24, 2.45) is 0 Å². The number of ether oxygens (including phenoxy) is 1.